The van der Waals surface area contributed by atoms with Gasteiger partial charge in [-0.1, -0.05) is 25.8 Å². The average Bonchev–Trinajstić information content (AvgIpc) is 2.29. The minimum Gasteiger partial charge on any atom is -0.399 e. The van der Waals surface area contributed by atoms with Crippen LogP contribution in [0.15, 0.2) is 18.2 Å². The van der Waals surface area contributed by atoms with Crippen molar-refractivity contribution in [1.82, 2.24) is 5.32 Å². The Kier molecular flexibility index (Phi) is 5.01. The normalized spacial score (nSPS) is 12.2. The Balaban J connectivity index is 2.66. The van der Waals surface area contributed by atoms with Crippen LogP contribution in [0.25, 0.3) is 0 Å². The fourth-order valence-corrected chi connectivity index (χ4v) is 1.77. The zero-order chi connectivity index (χ0) is 12.8. The maximum Gasteiger partial charge on any atom is 0.251 e. The van der Waals surface area contributed by atoms with E-state index in [9.17, 15) is 4.79 Å². The maximum absolute atomic E-state index is 12.0. The lowest BCUT2D eigenvalue weighted by Gasteiger charge is -2.14. The van der Waals surface area contributed by atoms with Crippen molar-refractivity contribution in [2.24, 2.45) is 0 Å². The van der Waals surface area contributed by atoms with E-state index in [-0.39, 0.29) is 11.9 Å². The first-order valence-corrected chi connectivity index (χ1v) is 6.21. The topological polar surface area (TPSA) is 55.1 Å². The van der Waals surface area contributed by atoms with E-state index in [1.807, 2.05) is 26.0 Å². The predicted molar refractivity (Wildman–Crippen MR) is 72.0 cm³/mol. The number of hydrogen-bond donors (Lipinski definition) is 2. The van der Waals surface area contributed by atoms with Gasteiger partial charge in [0.2, 0.25) is 0 Å². The third-order valence-corrected chi connectivity index (χ3v) is 2.87. The molecule has 1 amide bonds. The molecule has 1 rings (SSSR count). The molecule has 3 nitrogen and oxygen atoms in total. The zero-order valence-corrected chi connectivity index (χ0v) is 10.9. The monoisotopic (exact) mass is 234 g/mol. The number of nitrogens with two attached hydrogens (primary N) is 1. The Morgan fingerprint density at radius 2 is 2.18 bits per heavy atom. The summed E-state index contributed by atoms with van der Waals surface area (Å²) >= 11 is 0. The zero-order valence-electron chi connectivity index (χ0n) is 10.9. The summed E-state index contributed by atoms with van der Waals surface area (Å²) in [7, 11) is 0. The van der Waals surface area contributed by atoms with Crippen molar-refractivity contribution in [3.05, 3.63) is 29.3 Å². The summed E-state index contributed by atoms with van der Waals surface area (Å²) in [5, 5.41) is 3.00. The summed E-state index contributed by atoms with van der Waals surface area (Å²) in [6.45, 7) is 6.11. The number of unbranched alkanes of at least 4 members (excludes halogenated alkanes) is 1. The molecule has 1 aromatic rings. The van der Waals surface area contributed by atoms with Crippen LogP contribution < -0.4 is 11.1 Å². The van der Waals surface area contributed by atoms with Gasteiger partial charge in [-0.05, 0) is 38.0 Å². The molecule has 0 saturated heterocycles. The smallest absolute Gasteiger partial charge is 0.251 e. The van der Waals surface area contributed by atoms with Crippen LogP contribution in [0.3, 0.4) is 0 Å². The van der Waals surface area contributed by atoms with Gasteiger partial charge in [0.05, 0.1) is 0 Å². The Hall–Kier alpha value is -1.51. The van der Waals surface area contributed by atoms with Gasteiger partial charge < -0.3 is 11.1 Å². The average molecular weight is 234 g/mol. The van der Waals surface area contributed by atoms with E-state index >= 15 is 0 Å². The number of nitrogens with one attached hydrogen (secondary N) is 1. The highest BCUT2D eigenvalue weighted by Gasteiger charge is 2.11. The van der Waals surface area contributed by atoms with Gasteiger partial charge in [0.1, 0.15) is 0 Å². The van der Waals surface area contributed by atoms with E-state index in [0.717, 1.165) is 24.8 Å². The third kappa shape index (κ3) is 4.10. The molecule has 0 saturated carbocycles. The van der Waals surface area contributed by atoms with Crippen molar-refractivity contribution in [2.75, 3.05) is 5.73 Å². The van der Waals surface area contributed by atoms with Gasteiger partial charge in [-0.15, -0.1) is 0 Å². The Bertz CT molecular complexity index is 388. The van der Waals surface area contributed by atoms with Crippen LogP contribution in [-0.4, -0.2) is 11.9 Å². The van der Waals surface area contributed by atoms with Gasteiger partial charge in [0, 0.05) is 17.3 Å². The Labute approximate surface area is 103 Å². The molecule has 3 heteroatoms. The Morgan fingerprint density at radius 1 is 1.47 bits per heavy atom. The number of hydrogen-bond acceptors (Lipinski definition) is 2. The minimum atomic E-state index is -0.0293. The van der Waals surface area contributed by atoms with E-state index in [4.69, 9.17) is 5.73 Å². The molecule has 0 aliphatic carbocycles. The molecule has 1 unspecified atom stereocenters. The molecule has 3 N–H and O–H groups in total. The van der Waals surface area contributed by atoms with Crippen molar-refractivity contribution in [1.29, 1.82) is 0 Å². The van der Waals surface area contributed by atoms with E-state index in [1.54, 1.807) is 6.07 Å². The predicted octanol–water partition coefficient (Wildman–Crippen LogP) is 2.89. The van der Waals surface area contributed by atoms with Crippen LogP contribution in [0, 0.1) is 6.92 Å². The summed E-state index contributed by atoms with van der Waals surface area (Å²) < 4.78 is 0. The highest BCUT2D eigenvalue weighted by molar-refractivity contribution is 5.96. The van der Waals surface area contributed by atoms with Crippen molar-refractivity contribution < 1.29 is 4.79 Å². The summed E-state index contributed by atoms with van der Waals surface area (Å²) in [5.74, 6) is -0.0293. The molecule has 0 aliphatic rings. The van der Waals surface area contributed by atoms with E-state index in [0.29, 0.717) is 11.3 Å². The molecule has 0 fully saturated rings. The molecule has 1 atom stereocenters. The second-order valence-corrected chi connectivity index (χ2v) is 4.59. The van der Waals surface area contributed by atoms with E-state index in [2.05, 4.69) is 12.2 Å². The first-order valence-electron chi connectivity index (χ1n) is 6.21. The number of amides is 1. The third-order valence-electron chi connectivity index (χ3n) is 2.87. The lowest BCUT2D eigenvalue weighted by Crippen LogP contribution is -2.32. The van der Waals surface area contributed by atoms with Gasteiger partial charge in [0.15, 0.2) is 0 Å². The SMILES string of the molecule is CCCCC(C)NC(=O)c1cc(N)ccc1C. The fraction of sp³-hybridized carbons (Fsp3) is 0.500. The van der Waals surface area contributed by atoms with Crippen LogP contribution >= 0.6 is 0 Å². The molecule has 0 heterocycles. The van der Waals surface area contributed by atoms with Crippen molar-refractivity contribution in [3.8, 4) is 0 Å². The molecule has 17 heavy (non-hydrogen) atoms. The van der Waals surface area contributed by atoms with Crippen LogP contribution in [0.2, 0.25) is 0 Å². The summed E-state index contributed by atoms with van der Waals surface area (Å²) in [4.78, 5) is 12.0. The molecule has 0 aromatic heterocycles. The number of aryl methyl sites for hydroxylation is 1. The van der Waals surface area contributed by atoms with Crippen molar-refractivity contribution in [2.45, 2.75) is 46.1 Å². The minimum absolute atomic E-state index is 0.0293. The van der Waals surface area contributed by atoms with Gasteiger partial charge in [-0.2, -0.15) is 0 Å². The van der Waals surface area contributed by atoms with E-state index in [1.165, 1.54) is 0 Å². The summed E-state index contributed by atoms with van der Waals surface area (Å²) in [6, 6.07) is 5.63. The number of rotatable bonds is 5. The van der Waals surface area contributed by atoms with Crippen LogP contribution in [0.5, 0.6) is 0 Å². The molecular weight excluding hydrogens is 212 g/mol. The van der Waals surface area contributed by atoms with Crippen LogP contribution in [0.1, 0.15) is 49.0 Å². The largest absolute Gasteiger partial charge is 0.399 e. The van der Waals surface area contributed by atoms with Gasteiger partial charge >= 0.3 is 0 Å². The molecule has 1 aromatic carbocycles. The lowest BCUT2D eigenvalue weighted by molar-refractivity contribution is 0.0937. The molecule has 0 aliphatic heterocycles. The van der Waals surface area contributed by atoms with Crippen molar-refractivity contribution in [3.63, 3.8) is 0 Å². The van der Waals surface area contributed by atoms with E-state index < -0.39 is 0 Å². The number of carbonyl (C=O) groups excluding carboxylic acids is 1. The maximum atomic E-state index is 12.0. The number of anilines is 1. The molecule has 94 valence electrons. The van der Waals surface area contributed by atoms with Crippen molar-refractivity contribution >= 4 is 11.6 Å². The fourth-order valence-electron chi connectivity index (χ4n) is 1.77. The second kappa shape index (κ2) is 6.28. The summed E-state index contributed by atoms with van der Waals surface area (Å²) in [5.41, 5.74) is 7.96. The molecule has 0 bridgehead atoms. The molecular formula is C14H22N2O. The summed E-state index contributed by atoms with van der Waals surface area (Å²) in [6.07, 6.45) is 3.30. The standard InChI is InChI=1S/C14H22N2O/c1-4-5-6-11(3)16-14(17)13-9-12(15)8-7-10(13)2/h7-9,11H,4-6,15H2,1-3H3,(H,16,17). The number of nitrogen functional groups attached to an aromatic ring is 1. The van der Waals surface area contributed by atoms with Crippen LogP contribution in [-0.2, 0) is 0 Å². The first-order chi connectivity index (χ1) is 8.04. The molecule has 0 radical (unpaired) electrons. The Morgan fingerprint density at radius 3 is 2.82 bits per heavy atom. The highest BCUT2D eigenvalue weighted by Crippen LogP contribution is 2.13. The van der Waals surface area contributed by atoms with Crippen LogP contribution in [0.4, 0.5) is 5.69 Å². The quantitative estimate of drug-likeness (QED) is 0.770. The second-order valence-electron chi connectivity index (χ2n) is 4.59. The molecule has 0 spiro atoms. The highest BCUT2D eigenvalue weighted by atomic mass is 16.1. The first kappa shape index (κ1) is 13.6. The van der Waals surface area contributed by atoms with Gasteiger partial charge in [-0.25, -0.2) is 0 Å². The number of carbonyl (C=O) groups is 1. The lowest BCUT2D eigenvalue weighted by atomic mass is 10.1. The number of benzene rings is 1. The van der Waals surface area contributed by atoms with Gasteiger partial charge in [-0.3, -0.25) is 4.79 Å². The van der Waals surface area contributed by atoms with Gasteiger partial charge in [0.25, 0.3) is 5.91 Å².